The van der Waals surface area contributed by atoms with Gasteiger partial charge < -0.3 is 10.5 Å². The van der Waals surface area contributed by atoms with E-state index in [4.69, 9.17) is 10.5 Å². The van der Waals surface area contributed by atoms with E-state index in [0.29, 0.717) is 6.61 Å². The second-order valence-electron chi connectivity index (χ2n) is 4.43. The molecule has 1 fully saturated rings. The highest BCUT2D eigenvalue weighted by Crippen LogP contribution is 2.21. The standard InChI is InChI=1S/C13H19NO/c1-10-5-7-11(8-6-10)9-15-13-4-2-3-12(13)14/h5-8,12-13H,2-4,9,14H2,1H3/t12-,13?/m0/s1. The maximum absolute atomic E-state index is 5.94. The highest BCUT2D eigenvalue weighted by molar-refractivity contribution is 5.20. The highest BCUT2D eigenvalue weighted by Gasteiger charge is 2.24. The van der Waals surface area contributed by atoms with Gasteiger partial charge in [-0.1, -0.05) is 29.8 Å². The Morgan fingerprint density at radius 3 is 2.60 bits per heavy atom. The second-order valence-corrected chi connectivity index (χ2v) is 4.43. The van der Waals surface area contributed by atoms with Gasteiger partial charge in [-0.25, -0.2) is 0 Å². The van der Waals surface area contributed by atoms with Crippen LogP contribution in [0.1, 0.15) is 30.4 Å². The molecule has 0 heterocycles. The fourth-order valence-electron chi connectivity index (χ4n) is 2.05. The molecule has 1 aromatic carbocycles. The molecule has 1 saturated carbocycles. The van der Waals surface area contributed by atoms with Crippen molar-refractivity contribution in [1.29, 1.82) is 0 Å². The molecule has 1 aliphatic rings. The van der Waals surface area contributed by atoms with Crippen LogP contribution < -0.4 is 5.73 Å². The Morgan fingerprint density at radius 1 is 1.27 bits per heavy atom. The molecule has 2 atom stereocenters. The van der Waals surface area contributed by atoms with Gasteiger partial charge in [-0.3, -0.25) is 0 Å². The highest BCUT2D eigenvalue weighted by atomic mass is 16.5. The van der Waals surface area contributed by atoms with Crippen LogP contribution in [0, 0.1) is 6.92 Å². The van der Waals surface area contributed by atoms with Gasteiger partial charge in [-0.2, -0.15) is 0 Å². The van der Waals surface area contributed by atoms with Crippen LogP contribution in [0.15, 0.2) is 24.3 Å². The molecule has 1 unspecified atom stereocenters. The van der Waals surface area contributed by atoms with Crippen LogP contribution in [0.2, 0.25) is 0 Å². The second kappa shape index (κ2) is 4.77. The Labute approximate surface area is 91.4 Å². The van der Waals surface area contributed by atoms with Gasteiger partial charge in [0.25, 0.3) is 0 Å². The minimum atomic E-state index is 0.246. The maximum Gasteiger partial charge on any atom is 0.0730 e. The van der Waals surface area contributed by atoms with E-state index in [1.165, 1.54) is 17.5 Å². The monoisotopic (exact) mass is 205 g/mol. The van der Waals surface area contributed by atoms with E-state index in [1.807, 2.05) is 0 Å². The topological polar surface area (TPSA) is 35.2 Å². The summed E-state index contributed by atoms with van der Waals surface area (Å²) in [6.45, 7) is 2.79. The fraction of sp³-hybridized carbons (Fsp3) is 0.538. The average molecular weight is 205 g/mol. The third kappa shape index (κ3) is 2.80. The lowest BCUT2D eigenvalue weighted by atomic mass is 10.1. The van der Waals surface area contributed by atoms with Crippen molar-refractivity contribution in [3.8, 4) is 0 Å². The van der Waals surface area contributed by atoms with E-state index in [1.54, 1.807) is 0 Å². The van der Waals surface area contributed by atoms with Gasteiger partial charge >= 0.3 is 0 Å². The summed E-state index contributed by atoms with van der Waals surface area (Å²) < 4.78 is 5.82. The van der Waals surface area contributed by atoms with Crippen molar-refractivity contribution in [1.82, 2.24) is 0 Å². The first-order valence-electron chi connectivity index (χ1n) is 5.68. The van der Waals surface area contributed by atoms with E-state index in [9.17, 15) is 0 Å². The van der Waals surface area contributed by atoms with Crippen molar-refractivity contribution >= 4 is 0 Å². The van der Waals surface area contributed by atoms with Crippen LogP contribution in [0.4, 0.5) is 0 Å². The lowest BCUT2D eigenvalue weighted by Gasteiger charge is -2.16. The number of benzene rings is 1. The van der Waals surface area contributed by atoms with E-state index in [0.717, 1.165) is 12.8 Å². The molecule has 0 radical (unpaired) electrons. The van der Waals surface area contributed by atoms with Crippen LogP contribution in [0.5, 0.6) is 0 Å². The smallest absolute Gasteiger partial charge is 0.0730 e. The zero-order valence-corrected chi connectivity index (χ0v) is 9.28. The fourth-order valence-corrected chi connectivity index (χ4v) is 2.05. The minimum Gasteiger partial charge on any atom is -0.372 e. The van der Waals surface area contributed by atoms with Crippen molar-refractivity contribution in [2.24, 2.45) is 5.73 Å². The van der Waals surface area contributed by atoms with Gasteiger partial charge in [0.15, 0.2) is 0 Å². The van der Waals surface area contributed by atoms with Crippen molar-refractivity contribution in [3.63, 3.8) is 0 Å². The van der Waals surface area contributed by atoms with Crippen molar-refractivity contribution < 1.29 is 4.74 Å². The number of nitrogens with two attached hydrogens (primary N) is 1. The van der Waals surface area contributed by atoms with Crippen molar-refractivity contribution in [2.45, 2.75) is 44.9 Å². The molecule has 0 spiro atoms. The molecule has 2 heteroatoms. The predicted octanol–water partition coefficient (Wildman–Crippen LogP) is 2.39. The molecule has 0 aliphatic heterocycles. The van der Waals surface area contributed by atoms with Gasteiger partial charge in [0.05, 0.1) is 12.7 Å². The summed E-state index contributed by atoms with van der Waals surface area (Å²) in [4.78, 5) is 0. The molecule has 1 aliphatic carbocycles. The third-order valence-electron chi connectivity index (χ3n) is 3.09. The predicted molar refractivity (Wildman–Crippen MR) is 61.6 cm³/mol. The van der Waals surface area contributed by atoms with Gasteiger partial charge in [-0.15, -0.1) is 0 Å². The Hall–Kier alpha value is -0.860. The molecule has 0 saturated heterocycles. The molecular weight excluding hydrogens is 186 g/mol. The molecule has 2 nitrogen and oxygen atoms in total. The largest absolute Gasteiger partial charge is 0.372 e. The van der Waals surface area contributed by atoms with Crippen LogP contribution in [0.25, 0.3) is 0 Å². The summed E-state index contributed by atoms with van der Waals surface area (Å²) in [5, 5.41) is 0. The van der Waals surface area contributed by atoms with Gasteiger partial charge in [0, 0.05) is 6.04 Å². The quantitative estimate of drug-likeness (QED) is 0.822. The summed E-state index contributed by atoms with van der Waals surface area (Å²) in [6.07, 6.45) is 3.71. The number of hydrogen-bond acceptors (Lipinski definition) is 2. The Bertz CT molecular complexity index is 307. The van der Waals surface area contributed by atoms with Crippen LogP contribution in [0.3, 0.4) is 0 Å². The maximum atomic E-state index is 5.94. The summed E-state index contributed by atoms with van der Waals surface area (Å²) in [5.74, 6) is 0. The van der Waals surface area contributed by atoms with Crippen LogP contribution in [-0.4, -0.2) is 12.1 Å². The third-order valence-corrected chi connectivity index (χ3v) is 3.09. The van der Waals surface area contributed by atoms with Gasteiger partial charge in [-0.05, 0) is 31.7 Å². The zero-order chi connectivity index (χ0) is 10.7. The summed E-state index contributed by atoms with van der Waals surface area (Å²) in [6, 6.07) is 8.72. The Kier molecular flexibility index (Phi) is 3.39. The summed E-state index contributed by atoms with van der Waals surface area (Å²) in [7, 11) is 0. The lowest BCUT2D eigenvalue weighted by Crippen LogP contribution is -2.31. The first-order chi connectivity index (χ1) is 7.25. The summed E-state index contributed by atoms with van der Waals surface area (Å²) in [5.41, 5.74) is 8.47. The number of hydrogen-bond donors (Lipinski definition) is 1. The molecule has 0 amide bonds. The first kappa shape index (κ1) is 10.7. The van der Waals surface area contributed by atoms with Gasteiger partial charge in [0.2, 0.25) is 0 Å². The van der Waals surface area contributed by atoms with Crippen molar-refractivity contribution in [2.75, 3.05) is 0 Å². The van der Waals surface area contributed by atoms with E-state index < -0.39 is 0 Å². The molecule has 0 bridgehead atoms. The van der Waals surface area contributed by atoms with E-state index in [2.05, 4.69) is 31.2 Å². The van der Waals surface area contributed by atoms with E-state index in [-0.39, 0.29) is 12.1 Å². The Balaban J connectivity index is 1.85. The SMILES string of the molecule is Cc1ccc(COC2CCC[C@@H]2N)cc1. The van der Waals surface area contributed by atoms with Crippen LogP contribution >= 0.6 is 0 Å². The lowest BCUT2D eigenvalue weighted by molar-refractivity contribution is 0.0357. The number of rotatable bonds is 3. The van der Waals surface area contributed by atoms with Crippen molar-refractivity contribution in [3.05, 3.63) is 35.4 Å². The molecule has 2 N–H and O–H groups in total. The molecule has 1 aromatic rings. The average Bonchev–Trinajstić information content (AvgIpc) is 2.63. The molecule has 2 rings (SSSR count). The molecule has 82 valence electrons. The zero-order valence-electron chi connectivity index (χ0n) is 9.28. The number of aryl methyl sites for hydroxylation is 1. The number of ether oxygens (including phenoxy) is 1. The molecular formula is C13H19NO. The van der Waals surface area contributed by atoms with Gasteiger partial charge in [0.1, 0.15) is 0 Å². The molecule has 15 heavy (non-hydrogen) atoms. The minimum absolute atomic E-state index is 0.246. The van der Waals surface area contributed by atoms with E-state index >= 15 is 0 Å². The van der Waals surface area contributed by atoms with Crippen LogP contribution in [-0.2, 0) is 11.3 Å². The molecule has 0 aromatic heterocycles. The summed E-state index contributed by atoms with van der Waals surface area (Å²) >= 11 is 0. The first-order valence-corrected chi connectivity index (χ1v) is 5.68. The Morgan fingerprint density at radius 2 is 2.00 bits per heavy atom. The normalized spacial score (nSPS) is 25.7.